The highest BCUT2D eigenvalue weighted by molar-refractivity contribution is 14.2. The van der Waals surface area contributed by atoms with Gasteiger partial charge in [-0.3, -0.25) is 0 Å². The molecule has 66 valence electrons. The van der Waals surface area contributed by atoms with Crippen LogP contribution in [0.15, 0.2) is 0 Å². The van der Waals surface area contributed by atoms with E-state index in [0.717, 1.165) is 11.8 Å². The Bertz CT molecular complexity index is 147. The van der Waals surface area contributed by atoms with Crippen LogP contribution in [-0.4, -0.2) is 5.75 Å². The second-order valence-corrected chi connectivity index (χ2v) is 10.7. The summed E-state index contributed by atoms with van der Waals surface area (Å²) in [6, 6.07) is 0. The summed E-state index contributed by atoms with van der Waals surface area (Å²) in [5.74, 6) is 3.27. The van der Waals surface area contributed by atoms with Crippen molar-refractivity contribution in [2.45, 2.75) is 32.6 Å². The second-order valence-electron chi connectivity index (χ2n) is 3.57. The average Bonchev–Trinajstić information content (AvgIpc) is 2.31. The Kier molecular flexibility index (Phi) is 4.83. The van der Waals surface area contributed by atoms with Gasteiger partial charge in [0.15, 0.2) is 0 Å². The van der Waals surface area contributed by atoms with E-state index in [2.05, 4.69) is 28.1 Å². The molecule has 11 heavy (non-hydrogen) atoms. The highest BCUT2D eigenvalue weighted by Gasteiger charge is 2.20. The van der Waals surface area contributed by atoms with Gasteiger partial charge in [0.05, 0.1) is 0 Å². The molecule has 1 saturated carbocycles. The van der Waals surface area contributed by atoms with Gasteiger partial charge in [0.25, 0.3) is 0 Å². The fourth-order valence-corrected chi connectivity index (χ4v) is 3.42. The van der Waals surface area contributed by atoms with Crippen molar-refractivity contribution in [2.75, 3.05) is 5.75 Å². The van der Waals surface area contributed by atoms with Gasteiger partial charge in [-0.15, -0.1) is 0 Å². The molecule has 1 aliphatic rings. The zero-order valence-corrected chi connectivity index (χ0v) is 10.7. The summed E-state index contributed by atoms with van der Waals surface area (Å²) in [4.78, 5) is 0. The third kappa shape index (κ3) is 4.18. The van der Waals surface area contributed by atoms with Crippen LogP contribution in [-0.2, 0) is 17.8 Å². The molecule has 0 aliphatic heterocycles. The summed E-state index contributed by atoms with van der Waals surface area (Å²) >= 11 is 7.53. The first-order valence-corrected chi connectivity index (χ1v) is 9.09. The lowest BCUT2D eigenvalue weighted by Gasteiger charge is -2.07. The smallest absolute Gasteiger partial charge is 0.00767 e. The molecule has 3 heteroatoms. The van der Waals surface area contributed by atoms with Gasteiger partial charge in [-0.05, 0) is 35.9 Å². The molecular formula is C8H15IS2. The Morgan fingerprint density at radius 3 is 2.73 bits per heavy atom. The van der Waals surface area contributed by atoms with Gasteiger partial charge in [-0.25, -0.2) is 0 Å². The summed E-state index contributed by atoms with van der Waals surface area (Å²) < 4.78 is 0. The summed E-state index contributed by atoms with van der Waals surface area (Å²) in [5.41, 5.74) is 0. The second kappa shape index (κ2) is 5.12. The van der Waals surface area contributed by atoms with E-state index in [1.807, 2.05) is 0 Å². The van der Waals surface area contributed by atoms with Crippen LogP contribution >= 0.6 is 21.2 Å². The van der Waals surface area contributed by atoms with Crippen LogP contribution in [0.2, 0.25) is 0 Å². The van der Waals surface area contributed by atoms with Crippen molar-refractivity contribution in [2.24, 2.45) is 11.8 Å². The Morgan fingerprint density at radius 1 is 1.55 bits per heavy atom. The highest BCUT2D eigenvalue weighted by Crippen LogP contribution is 2.32. The summed E-state index contributed by atoms with van der Waals surface area (Å²) in [5, 5.41) is 0. The van der Waals surface area contributed by atoms with Crippen LogP contribution in [0.5, 0.6) is 0 Å². The lowest BCUT2D eigenvalue weighted by molar-refractivity contribution is 0.505. The molecule has 0 N–H and O–H groups in total. The van der Waals surface area contributed by atoms with Crippen molar-refractivity contribution in [1.29, 1.82) is 0 Å². The van der Waals surface area contributed by atoms with Gasteiger partial charge in [-0.1, -0.05) is 26.4 Å². The molecule has 0 radical (unpaired) electrons. The minimum absolute atomic E-state index is 0.231. The number of rotatable bonds is 3. The van der Waals surface area contributed by atoms with E-state index in [9.17, 15) is 0 Å². The first kappa shape index (κ1) is 10.4. The largest absolute Gasteiger partial charge is 0.0625 e. The maximum absolute atomic E-state index is 5.16. The van der Waals surface area contributed by atoms with Gasteiger partial charge in [0.2, 0.25) is 0 Å². The van der Waals surface area contributed by atoms with E-state index < -0.39 is 0 Å². The van der Waals surface area contributed by atoms with Crippen LogP contribution in [0.3, 0.4) is 0 Å². The molecule has 0 spiro atoms. The topological polar surface area (TPSA) is 0 Å². The van der Waals surface area contributed by atoms with Crippen molar-refractivity contribution in [3.63, 3.8) is 0 Å². The molecule has 1 aliphatic carbocycles. The Labute approximate surface area is 88.7 Å². The van der Waals surface area contributed by atoms with Crippen LogP contribution in [0.25, 0.3) is 0 Å². The van der Waals surface area contributed by atoms with Gasteiger partial charge in [-0.2, -0.15) is 0 Å². The number of halogens is 1. The molecule has 0 amide bonds. The lowest BCUT2D eigenvalue weighted by atomic mass is 10.0. The maximum Gasteiger partial charge on any atom is 0.00767 e. The van der Waals surface area contributed by atoms with Crippen molar-refractivity contribution in [3.8, 4) is 0 Å². The third-order valence-corrected chi connectivity index (χ3v) is 4.87. The standard InChI is InChI=1S/C8H15IS2/c1-7-2-3-8(6-7)4-5-11(9)10/h7-8H,2-6H2,1H3/t7?,8-,11?/m1/s1. The first-order chi connectivity index (χ1) is 5.18. The van der Waals surface area contributed by atoms with Crippen LogP contribution < -0.4 is 0 Å². The van der Waals surface area contributed by atoms with Gasteiger partial charge < -0.3 is 0 Å². The molecule has 0 aromatic carbocycles. The van der Waals surface area contributed by atoms with E-state index in [-0.39, 0.29) is 6.63 Å². The maximum atomic E-state index is 5.16. The molecule has 0 bridgehead atoms. The SMILES string of the molecule is CC1CC[C@H](CCS(=S)I)C1. The number of hydrogen-bond acceptors (Lipinski definition) is 1. The fourth-order valence-electron chi connectivity index (χ4n) is 1.85. The van der Waals surface area contributed by atoms with Crippen molar-refractivity contribution in [3.05, 3.63) is 0 Å². The summed E-state index contributed by atoms with van der Waals surface area (Å²) in [6.07, 6.45) is 5.77. The van der Waals surface area contributed by atoms with Crippen molar-refractivity contribution < 1.29 is 0 Å². The van der Waals surface area contributed by atoms with Crippen molar-refractivity contribution in [1.82, 2.24) is 0 Å². The third-order valence-electron chi connectivity index (χ3n) is 2.49. The van der Waals surface area contributed by atoms with E-state index in [4.69, 9.17) is 11.2 Å². The zero-order chi connectivity index (χ0) is 8.27. The predicted molar refractivity (Wildman–Crippen MR) is 64.7 cm³/mol. The highest BCUT2D eigenvalue weighted by atomic mass is 127. The Balaban J connectivity index is 2.13. The monoisotopic (exact) mass is 302 g/mol. The first-order valence-electron chi connectivity index (χ1n) is 4.23. The van der Waals surface area contributed by atoms with E-state index in [1.165, 1.54) is 31.4 Å². The molecule has 0 aromatic heterocycles. The predicted octanol–water partition coefficient (Wildman–Crippen LogP) is 3.24. The Hall–Kier alpha value is 1.30. The molecule has 1 fully saturated rings. The van der Waals surface area contributed by atoms with Crippen LogP contribution in [0.4, 0.5) is 0 Å². The molecular weight excluding hydrogens is 287 g/mol. The molecule has 0 saturated heterocycles. The molecule has 2 unspecified atom stereocenters. The quantitative estimate of drug-likeness (QED) is 0.570. The van der Waals surface area contributed by atoms with Crippen molar-refractivity contribution >= 4 is 39.0 Å². The van der Waals surface area contributed by atoms with Gasteiger partial charge in [0, 0.05) is 27.0 Å². The zero-order valence-electron chi connectivity index (χ0n) is 6.88. The molecule has 0 nitrogen and oxygen atoms in total. The Morgan fingerprint density at radius 2 is 2.27 bits per heavy atom. The van der Waals surface area contributed by atoms with Crippen LogP contribution in [0.1, 0.15) is 32.6 Å². The normalized spacial score (nSPS) is 34.0. The van der Waals surface area contributed by atoms with Gasteiger partial charge >= 0.3 is 0 Å². The average molecular weight is 302 g/mol. The number of hydrogen-bond donors (Lipinski definition) is 0. The minimum Gasteiger partial charge on any atom is -0.0625 e. The molecule has 0 aromatic rings. The summed E-state index contributed by atoms with van der Waals surface area (Å²) in [6.45, 7) is 2.60. The minimum atomic E-state index is 0.231. The van der Waals surface area contributed by atoms with Gasteiger partial charge in [0.1, 0.15) is 0 Å². The molecule has 3 atom stereocenters. The molecule has 1 rings (SSSR count). The van der Waals surface area contributed by atoms with E-state index >= 15 is 0 Å². The van der Waals surface area contributed by atoms with E-state index in [0.29, 0.717) is 0 Å². The van der Waals surface area contributed by atoms with E-state index in [1.54, 1.807) is 0 Å². The fraction of sp³-hybridized carbons (Fsp3) is 1.00. The summed E-state index contributed by atoms with van der Waals surface area (Å²) in [7, 11) is 0. The lowest BCUT2D eigenvalue weighted by Crippen LogP contribution is -1.99. The molecule has 0 heterocycles. The van der Waals surface area contributed by atoms with Crippen LogP contribution in [0, 0.1) is 11.8 Å².